The fourth-order valence-corrected chi connectivity index (χ4v) is 3.10. The Labute approximate surface area is 69.1 Å². The smallest absolute Gasteiger partial charge is 0.0357 e. The number of hydrogen-bond donors (Lipinski definition) is 0. The summed E-state index contributed by atoms with van der Waals surface area (Å²) in [6, 6.07) is 1.45. The Morgan fingerprint density at radius 3 is 2.45 bits per heavy atom. The van der Waals surface area contributed by atoms with Gasteiger partial charge in [0.25, 0.3) is 0 Å². The van der Waals surface area contributed by atoms with Gasteiger partial charge < -0.3 is 0 Å². The van der Waals surface area contributed by atoms with Crippen LogP contribution in [0.25, 0.3) is 0 Å². The van der Waals surface area contributed by atoms with Crippen molar-refractivity contribution in [3.63, 3.8) is 0 Å². The van der Waals surface area contributed by atoms with Crippen molar-refractivity contribution in [2.45, 2.75) is 38.8 Å². The minimum atomic E-state index is 0.481. The second-order valence-corrected chi connectivity index (χ2v) is 4.78. The van der Waals surface area contributed by atoms with Gasteiger partial charge in [-0.05, 0) is 25.3 Å². The highest BCUT2D eigenvalue weighted by Gasteiger charge is 2.50. The summed E-state index contributed by atoms with van der Waals surface area (Å²) in [5.41, 5.74) is 1.93. The molecule has 2 bridgehead atoms. The molecule has 0 unspecified atom stereocenters. The average Bonchev–Trinajstić information content (AvgIpc) is 2.16. The minimum absolute atomic E-state index is 0.481. The Morgan fingerprint density at radius 1 is 1.55 bits per heavy atom. The molecule has 0 saturated carbocycles. The average molecular weight is 151 g/mol. The van der Waals surface area contributed by atoms with Crippen molar-refractivity contribution in [2.24, 2.45) is 5.41 Å². The van der Waals surface area contributed by atoms with E-state index in [1.165, 1.54) is 18.4 Å². The molecule has 1 heteroatoms. The van der Waals surface area contributed by atoms with Gasteiger partial charge in [0.1, 0.15) is 0 Å². The van der Waals surface area contributed by atoms with Gasteiger partial charge in [0.2, 0.25) is 0 Å². The highest BCUT2D eigenvalue weighted by molar-refractivity contribution is 5.24. The second kappa shape index (κ2) is 1.89. The molecule has 2 atom stereocenters. The molecule has 2 aliphatic rings. The normalized spacial score (nSPS) is 41.9. The van der Waals surface area contributed by atoms with Gasteiger partial charge >= 0.3 is 0 Å². The Hall–Kier alpha value is -0.300. The van der Waals surface area contributed by atoms with Crippen LogP contribution in [0.3, 0.4) is 0 Å². The number of fused-ring (bicyclic) bond motifs is 2. The van der Waals surface area contributed by atoms with E-state index in [-0.39, 0.29) is 0 Å². The maximum Gasteiger partial charge on any atom is 0.0357 e. The first kappa shape index (κ1) is 7.35. The van der Waals surface area contributed by atoms with Crippen LogP contribution in [0.15, 0.2) is 12.2 Å². The monoisotopic (exact) mass is 151 g/mol. The Kier molecular flexibility index (Phi) is 1.26. The molecular weight excluding hydrogens is 134 g/mol. The van der Waals surface area contributed by atoms with Crippen LogP contribution in [-0.4, -0.2) is 24.0 Å². The van der Waals surface area contributed by atoms with Crippen molar-refractivity contribution < 1.29 is 0 Å². The van der Waals surface area contributed by atoms with Crippen LogP contribution in [0.2, 0.25) is 0 Å². The third-order valence-corrected chi connectivity index (χ3v) is 3.37. The summed E-state index contributed by atoms with van der Waals surface area (Å²) in [5, 5.41) is 0. The van der Waals surface area contributed by atoms with Crippen LogP contribution in [0.4, 0.5) is 0 Å². The van der Waals surface area contributed by atoms with Crippen LogP contribution in [0.1, 0.15) is 26.7 Å². The van der Waals surface area contributed by atoms with E-state index in [4.69, 9.17) is 0 Å². The summed E-state index contributed by atoms with van der Waals surface area (Å²) in [6.07, 6.45) is 2.60. The van der Waals surface area contributed by atoms with Crippen molar-refractivity contribution in [1.29, 1.82) is 0 Å². The summed E-state index contributed by atoms with van der Waals surface area (Å²) < 4.78 is 0. The fraction of sp³-hybridized carbons (Fsp3) is 0.800. The predicted octanol–water partition coefficient (Wildman–Crippen LogP) is 2.05. The first-order valence-corrected chi connectivity index (χ1v) is 4.42. The van der Waals surface area contributed by atoms with Gasteiger partial charge in [0.15, 0.2) is 0 Å². The quantitative estimate of drug-likeness (QED) is 0.479. The van der Waals surface area contributed by atoms with Gasteiger partial charge in [0, 0.05) is 12.1 Å². The predicted molar refractivity (Wildman–Crippen MR) is 47.5 cm³/mol. The zero-order valence-electron chi connectivity index (χ0n) is 7.72. The highest BCUT2D eigenvalue weighted by Crippen LogP contribution is 2.50. The fourth-order valence-electron chi connectivity index (χ4n) is 3.10. The molecule has 2 heterocycles. The van der Waals surface area contributed by atoms with Crippen molar-refractivity contribution in [1.82, 2.24) is 4.90 Å². The third kappa shape index (κ3) is 0.807. The van der Waals surface area contributed by atoms with Crippen LogP contribution >= 0.6 is 0 Å². The van der Waals surface area contributed by atoms with Crippen molar-refractivity contribution in [3.05, 3.63) is 12.2 Å². The third-order valence-electron chi connectivity index (χ3n) is 3.37. The van der Waals surface area contributed by atoms with Gasteiger partial charge in [-0.2, -0.15) is 0 Å². The summed E-state index contributed by atoms with van der Waals surface area (Å²) >= 11 is 0. The first-order valence-electron chi connectivity index (χ1n) is 4.42. The van der Waals surface area contributed by atoms with E-state index < -0.39 is 0 Å². The zero-order valence-corrected chi connectivity index (χ0v) is 7.72. The molecule has 0 aromatic heterocycles. The molecule has 0 aromatic rings. The molecule has 0 radical (unpaired) electrons. The van der Waals surface area contributed by atoms with Crippen LogP contribution < -0.4 is 0 Å². The number of rotatable bonds is 0. The molecule has 62 valence electrons. The summed E-state index contributed by atoms with van der Waals surface area (Å²) in [7, 11) is 2.24. The van der Waals surface area contributed by atoms with Crippen molar-refractivity contribution in [3.8, 4) is 0 Å². The topological polar surface area (TPSA) is 3.24 Å². The highest BCUT2D eigenvalue weighted by atomic mass is 15.2. The largest absolute Gasteiger partial charge is 0.296 e. The standard InChI is InChI=1S/C10H17N/c1-7-5-8-6-10(2,3)9(7)11(8)4/h8-9H,1,5-6H2,2-4H3/t8-,9+/m1/s1. The van der Waals surface area contributed by atoms with E-state index in [9.17, 15) is 0 Å². The lowest BCUT2D eigenvalue weighted by molar-refractivity contribution is 0.260. The maximum absolute atomic E-state index is 4.14. The molecule has 0 aromatic carbocycles. The molecule has 11 heavy (non-hydrogen) atoms. The summed E-state index contributed by atoms with van der Waals surface area (Å²) in [4.78, 5) is 2.50. The van der Waals surface area contributed by atoms with Crippen LogP contribution in [0, 0.1) is 5.41 Å². The van der Waals surface area contributed by atoms with E-state index in [1.54, 1.807) is 0 Å². The molecule has 0 spiro atoms. The lowest BCUT2D eigenvalue weighted by atomic mass is 9.75. The Balaban J connectivity index is 2.34. The number of likely N-dealkylation sites (N-methyl/N-ethyl adjacent to an activating group) is 1. The van der Waals surface area contributed by atoms with Gasteiger partial charge in [-0.25, -0.2) is 0 Å². The van der Waals surface area contributed by atoms with Gasteiger partial charge in [0.05, 0.1) is 0 Å². The van der Waals surface area contributed by atoms with E-state index in [2.05, 4.69) is 32.4 Å². The molecule has 0 amide bonds. The summed E-state index contributed by atoms with van der Waals surface area (Å²) in [5.74, 6) is 0. The molecule has 0 aliphatic carbocycles. The molecule has 0 N–H and O–H groups in total. The van der Waals surface area contributed by atoms with Crippen molar-refractivity contribution >= 4 is 0 Å². The lowest BCUT2D eigenvalue weighted by Gasteiger charge is -2.30. The molecule has 2 fully saturated rings. The molecule has 2 saturated heterocycles. The first-order chi connectivity index (χ1) is 5.02. The van der Waals surface area contributed by atoms with Gasteiger partial charge in [-0.3, -0.25) is 4.90 Å². The zero-order chi connectivity index (χ0) is 8.22. The van der Waals surface area contributed by atoms with E-state index in [0.29, 0.717) is 11.5 Å². The van der Waals surface area contributed by atoms with Gasteiger partial charge in [-0.15, -0.1) is 0 Å². The molecular formula is C10H17N. The maximum atomic E-state index is 4.14. The summed E-state index contributed by atoms with van der Waals surface area (Å²) in [6.45, 7) is 8.86. The number of hydrogen-bond acceptors (Lipinski definition) is 1. The second-order valence-electron chi connectivity index (χ2n) is 4.78. The van der Waals surface area contributed by atoms with Crippen LogP contribution in [-0.2, 0) is 0 Å². The van der Waals surface area contributed by atoms with Gasteiger partial charge in [-0.1, -0.05) is 26.0 Å². The van der Waals surface area contributed by atoms with E-state index in [1.807, 2.05) is 0 Å². The SMILES string of the molecule is C=C1C[C@@H]2CC(C)(C)[C@H]1N2C. The molecule has 2 aliphatic heterocycles. The lowest BCUT2D eigenvalue weighted by Crippen LogP contribution is -2.32. The number of nitrogens with zero attached hydrogens (tertiary/aromatic N) is 1. The van der Waals surface area contributed by atoms with Crippen molar-refractivity contribution in [2.75, 3.05) is 7.05 Å². The Bertz CT molecular complexity index is 205. The van der Waals surface area contributed by atoms with Crippen LogP contribution in [0.5, 0.6) is 0 Å². The van der Waals surface area contributed by atoms with E-state index >= 15 is 0 Å². The Morgan fingerprint density at radius 2 is 2.18 bits per heavy atom. The minimum Gasteiger partial charge on any atom is -0.296 e. The molecule has 1 nitrogen and oxygen atoms in total. The van der Waals surface area contributed by atoms with E-state index in [0.717, 1.165) is 6.04 Å². The molecule has 2 rings (SSSR count).